The molecule has 2 aliphatic heterocycles. The number of carbonyl (C=O) groups excluding carboxylic acids is 1. The molecule has 188 valence electrons. The summed E-state index contributed by atoms with van der Waals surface area (Å²) in [5.74, 6) is 0.890. The van der Waals surface area contributed by atoms with E-state index in [1.54, 1.807) is 6.20 Å². The average molecular weight is 490 g/mol. The van der Waals surface area contributed by atoms with Gasteiger partial charge in [-0.05, 0) is 51.9 Å². The summed E-state index contributed by atoms with van der Waals surface area (Å²) in [6.07, 6.45) is 6.53. The molecule has 2 atom stereocenters. The molecule has 0 unspecified atom stereocenters. The standard InChI is InChI=1S/C26H31N7O3/c1-17-13-18(23-20-7-9-32(3)24(20)30-22(14-27)29-23)15-28-25(17)36-12-11-35-19-6-10-33(16-19)26(34)21-5-4-8-31(21)2/h7,9,13,15,19,21H,4-6,8,10-12,16H2,1-3H3/t19-,21+/m1/s1. The molecule has 10 nitrogen and oxygen atoms in total. The third-order valence-corrected chi connectivity index (χ3v) is 7.07. The van der Waals surface area contributed by atoms with E-state index in [1.165, 1.54) is 0 Å². The van der Waals surface area contributed by atoms with Crippen LogP contribution in [0.2, 0.25) is 0 Å². The van der Waals surface area contributed by atoms with Crippen molar-refractivity contribution in [3.63, 3.8) is 0 Å². The van der Waals surface area contributed by atoms with Gasteiger partial charge in [0.2, 0.25) is 17.6 Å². The van der Waals surface area contributed by atoms with Crippen LogP contribution in [0, 0.1) is 18.3 Å². The van der Waals surface area contributed by atoms with E-state index in [0.29, 0.717) is 37.0 Å². The molecule has 3 aromatic rings. The van der Waals surface area contributed by atoms with Crippen molar-refractivity contribution in [3.8, 4) is 23.2 Å². The number of hydrogen-bond acceptors (Lipinski definition) is 8. The Balaban J connectivity index is 1.16. The zero-order chi connectivity index (χ0) is 25.2. The molecule has 0 spiro atoms. The van der Waals surface area contributed by atoms with Crippen LogP contribution < -0.4 is 4.74 Å². The van der Waals surface area contributed by atoms with Crippen LogP contribution in [0.4, 0.5) is 0 Å². The van der Waals surface area contributed by atoms with Crippen molar-refractivity contribution in [2.45, 2.75) is 38.3 Å². The van der Waals surface area contributed by atoms with Crippen molar-refractivity contribution in [1.29, 1.82) is 5.26 Å². The number of rotatable bonds is 7. The second-order valence-corrected chi connectivity index (χ2v) is 9.57. The molecule has 10 heteroatoms. The minimum atomic E-state index is 0.0240. The van der Waals surface area contributed by atoms with Gasteiger partial charge in [0.1, 0.15) is 18.3 Å². The molecule has 3 aromatic heterocycles. The summed E-state index contributed by atoms with van der Waals surface area (Å²) < 4.78 is 13.7. The van der Waals surface area contributed by atoms with Gasteiger partial charge in [-0.15, -0.1) is 0 Å². The molecule has 2 saturated heterocycles. The summed E-state index contributed by atoms with van der Waals surface area (Å²) in [6.45, 7) is 5.13. The third kappa shape index (κ3) is 4.76. The van der Waals surface area contributed by atoms with Gasteiger partial charge >= 0.3 is 0 Å². The summed E-state index contributed by atoms with van der Waals surface area (Å²) in [6, 6.07) is 5.96. The van der Waals surface area contributed by atoms with E-state index in [-0.39, 0.29) is 23.9 Å². The Bertz CT molecular complexity index is 1310. The topological polar surface area (TPSA) is 109 Å². The zero-order valence-electron chi connectivity index (χ0n) is 21.0. The van der Waals surface area contributed by atoms with Gasteiger partial charge in [0.25, 0.3) is 0 Å². The molecule has 0 N–H and O–H groups in total. The second-order valence-electron chi connectivity index (χ2n) is 9.57. The number of amides is 1. The van der Waals surface area contributed by atoms with E-state index in [0.717, 1.165) is 48.9 Å². The maximum absolute atomic E-state index is 12.8. The van der Waals surface area contributed by atoms with Crippen molar-refractivity contribution in [2.24, 2.45) is 7.05 Å². The van der Waals surface area contributed by atoms with Gasteiger partial charge in [0, 0.05) is 49.0 Å². The van der Waals surface area contributed by atoms with Gasteiger partial charge in [-0.2, -0.15) is 5.26 Å². The minimum Gasteiger partial charge on any atom is -0.475 e. The summed E-state index contributed by atoms with van der Waals surface area (Å²) in [5, 5.41) is 10.2. The van der Waals surface area contributed by atoms with E-state index < -0.39 is 0 Å². The van der Waals surface area contributed by atoms with Crippen LogP contribution in [0.5, 0.6) is 5.88 Å². The Morgan fingerprint density at radius 2 is 2.08 bits per heavy atom. The molecule has 0 aromatic carbocycles. The fourth-order valence-corrected chi connectivity index (χ4v) is 5.10. The van der Waals surface area contributed by atoms with Gasteiger partial charge in [0.05, 0.1) is 24.4 Å². The summed E-state index contributed by atoms with van der Waals surface area (Å²) in [7, 11) is 3.91. The van der Waals surface area contributed by atoms with E-state index in [4.69, 9.17) is 9.47 Å². The van der Waals surface area contributed by atoms with Crippen LogP contribution in [0.15, 0.2) is 24.5 Å². The second kappa shape index (κ2) is 10.2. The molecule has 5 rings (SSSR count). The predicted octanol–water partition coefficient (Wildman–Crippen LogP) is 2.30. The van der Waals surface area contributed by atoms with Crippen LogP contribution in [0.3, 0.4) is 0 Å². The lowest BCUT2D eigenvalue weighted by atomic mass is 10.1. The minimum absolute atomic E-state index is 0.0240. The fourth-order valence-electron chi connectivity index (χ4n) is 5.10. The Labute approximate surface area is 210 Å². The smallest absolute Gasteiger partial charge is 0.240 e. The number of nitrogens with zero attached hydrogens (tertiary/aromatic N) is 7. The van der Waals surface area contributed by atoms with Gasteiger partial charge < -0.3 is 18.9 Å². The first-order valence-electron chi connectivity index (χ1n) is 12.4. The van der Waals surface area contributed by atoms with Crippen molar-refractivity contribution < 1.29 is 14.3 Å². The lowest BCUT2D eigenvalue weighted by Gasteiger charge is -2.25. The van der Waals surface area contributed by atoms with Crippen LogP contribution in [0.25, 0.3) is 22.3 Å². The first-order chi connectivity index (χ1) is 17.4. The normalized spacial score (nSPS) is 20.2. The molecule has 1 amide bonds. The lowest BCUT2D eigenvalue weighted by Crippen LogP contribution is -2.43. The van der Waals surface area contributed by atoms with Crippen molar-refractivity contribution in [1.82, 2.24) is 29.3 Å². The van der Waals surface area contributed by atoms with E-state index in [2.05, 4.69) is 19.9 Å². The van der Waals surface area contributed by atoms with Crippen molar-refractivity contribution in [2.75, 3.05) is 39.9 Å². The van der Waals surface area contributed by atoms with E-state index >= 15 is 0 Å². The van der Waals surface area contributed by atoms with E-state index in [1.807, 2.05) is 54.9 Å². The quantitative estimate of drug-likeness (QED) is 0.465. The van der Waals surface area contributed by atoms with Gasteiger partial charge in [0.15, 0.2) is 0 Å². The van der Waals surface area contributed by atoms with Gasteiger partial charge in [-0.1, -0.05) is 0 Å². The zero-order valence-corrected chi connectivity index (χ0v) is 21.0. The number of fused-ring (bicyclic) bond motifs is 1. The monoisotopic (exact) mass is 489 g/mol. The molecule has 0 radical (unpaired) electrons. The third-order valence-electron chi connectivity index (χ3n) is 7.07. The lowest BCUT2D eigenvalue weighted by molar-refractivity contribution is -0.135. The first-order valence-corrected chi connectivity index (χ1v) is 12.4. The summed E-state index contributed by atoms with van der Waals surface area (Å²) in [4.78, 5) is 30.1. The highest BCUT2D eigenvalue weighted by atomic mass is 16.5. The summed E-state index contributed by atoms with van der Waals surface area (Å²) in [5.41, 5.74) is 3.04. The maximum Gasteiger partial charge on any atom is 0.240 e. The summed E-state index contributed by atoms with van der Waals surface area (Å²) >= 11 is 0. The van der Waals surface area contributed by atoms with Crippen molar-refractivity contribution >= 4 is 16.9 Å². The number of likely N-dealkylation sites (N-methyl/N-ethyl adjacent to an activating group) is 1. The molecule has 0 saturated carbocycles. The number of hydrogen-bond donors (Lipinski definition) is 0. The van der Waals surface area contributed by atoms with Crippen LogP contribution in [0.1, 0.15) is 30.7 Å². The SMILES string of the molecule is Cc1cc(-c2nc(C#N)nc3c2ccn3C)cnc1OCCO[C@@H]1CCN(C(=O)[C@@H]2CCCN2C)C1. The Morgan fingerprint density at radius 1 is 1.22 bits per heavy atom. The highest BCUT2D eigenvalue weighted by Crippen LogP contribution is 2.29. The largest absolute Gasteiger partial charge is 0.475 e. The number of pyridine rings is 1. The number of aromatic nitrogens is 4. The van der Waals surface area contributed by atoms with Gasteiger partial charge in [-0.25, -0.2) is 15.0 Å². The maximum atomic E-state index is 12.8. The number of ether oxygens (including phenoxy) is 2. The molecule has 0 aliphatic carbocycles. The average Bonchev–Trinajstić information content (AvgIpc) is 3.62. The first kappa shape index (κ1) is 24.2. The van der Waals surface area contributed by atoms with Crippen LogP contribution in [-0.4, -0.2) is 87.3 Å². The Kier molecular flexibility index (Phi) is 6.85. The molecule has 5 heterocycles. The molecule has 2 fully saturated rings. The highest BCUT2D eigenvalue weighted by Gasteiger charge is 2.35. The van der Waals surface area contributed by atoms with Crippen LogP contribution in [-0.2, 0) is 16.6 Å². The van der Waals surface area contributed by atoms with E-state index in [9.17, 15) is 10.1 Å². The van der Waals surface area contributed by atoms with Crippen LogP contribution >= 0.6 is 0 Å². The molecule has 2 aliphatic rings. The molecule has 0 bridgehead atoms. The Hall–Kier alpha value is -3.55. The number of carbonyl (C=O) groups is 1. The molecular weight excluding hydrogens is 458 g/mol. The predicted molar refractivity (Wildman–Crippen MR) is 133 cm³/mol. The number of nitriles is 1. The fraction of sp³-hybridized carbons (Fsp3) is 0.500. The van der Waals surface area contributed by atoms with Gasteiger partial charge in [-0.3, -0.25) is 9.69 Å². The molecular formula is C26H31N7O3. The highest BCUT2D eigenvalue weighted by molar-refractivity contribution is 5.91. The van der Waals surface area contributed by atoms with Crippen molar-refractivity contribution in [3.05, 3.63) is 35.9 Å². The Morgan fingerprint density at radius 3 is 2.83 bits per heavy atom. The number of aryl methyl sites for hydroxylation is 2. The molecule has 36 heavy (non-hydrogen) atoms. The number of likely N-dealkylation sites (tertiary alicyclic amines) is 2.